The third kappa shape index (κ3) is 2.47. The van der Waals surface area contributed by atoms with Crippen molar-refractivity contribution < 1.29 is 4.42 Å². The van der Waals surface area contributed by atoms with Gasteiger partial charge in [0.1, 0.15) is 5.52 Å². The van der Waals surface area contributed by atoms with Gasteiger partial charge in [-0.15, -0.1) is 0 Å². The third-order valence-electron chi connectivity index (χ3n) is 4.58. The van der Waals surface area contributed by atoms with Gasteiger partial charge in [-0.05, 0) is 34.7 Å². The second-order valence-corrected chi connectivity index (χ2v) is 6.63. The lowest BCUT2D eigenvalue weighted by Crippen LogP contribution is -1.80. The molecule has 1 aromatic heterocycles. The maximum absolute atomic E-state index is 6.41. The van der Waals surface area contributed by atoms with Crippen LogP contribution in [0.2, 0.25) is 5.02 Å². The molecule has 0 saturated carbocycles. The van der Waals surface area contributed by atoms with Crippen molar-refractivity contribution >= 4 is 33.5 Å². The summed E-state index contributed by atoms with van der Waals surface area (Å²) in [6.07, 6.45) is 0. The summed E-state index contributed by atoms with van der Waals surface area (Å²) in [5, 5.41) is 2.69. The average Bonchev–Trinajstić information content (AvgIpc) is 3.15. The number of rotatable bonds is 2. The fourth-order valence-electron chi connectivity index (χ4n) is 3.26. The Labute approximate surface area is 155 Å². The smallest absolute Gasteiger partial charge is 0.227 e. The molecular formula is C23H14ClNO. The van der Waals surface area contributed by atoms with E-state index in [9.17, 15) is 0 Å². The van der Waals surface area contributed by atoms with Crippen molar-refractivity contribution in [3.63, 3.8) is 0 Å². The summed E-state index contributed by atoms with van der Waals surface area (Å²) in [6, 6.07) is 28.5. The number of hydrogen-bond acceptors (Lipinski definition) is 2. The van der Waals surface area contributed by atoms with Crippen LogP contribution in [0.15, 0.2) is 89.3 Å². The maximum atomic E-state index is 6.41. The number of benzene rings is 4. The molecule has 5 aromatic rings. The minimum atomic E-state index is 0.581. The summed E-state index contributed by atoms with van der Waals surface area (Å²) in [7, 11) is 0. The molecule has 0 N–H and O–H groups in total. The van der Waals surface area contributed by atoms with Gasteiger partial charge in [0.15, 0.2) is 5.58 Å². The Balaban J connectivity index is 1.63. The molecule has 3 heteroatoms. The van der Waals surface area contributed by atoms with E-state index in [4.69, 9.17) is 21.0 Å². The van der Waals surface area contributed by atoms with E-state index in [0.717, 1.165) is 27.4 Å². The van der Waals surface area contributed by atoms with Crippen LogP contribution in [0.4, 0.5) is 0 Å². The second kappa shape index (κ2) is 6.01. The first-order chi connectivity index (χ1) is 12.8. The fraction of sp³-hybridized carbons (Fsp3) is 0. The zero-order valence-corrected chi connectivity index (χ0v) is 14.6. The van der Waals surface area contributed by atoms with Crippen LogP contribution in [0.25, 0.3) is 44.5 Å². The highest BCUT2D eigenvalue weighted by atomic mass is 35.5. The molecule has 4 aromatic carbocycles. The quantitative estimate of drug-likeness (QED) is 0.342. The average molecular weight is 356 g/mol. The second-order valence-electron chi connectivity index (χ2n) is 6.22. The Morgan fingerprint density at radius 3 is 2.15 bits per heavy atom. The number of aromatic nitrogens is 1. The zero-order chi connectivity index (χ0) is 17.5. The Hall–Kier alpha value is -3.10. The summed E-state index contributed by atoms with van der Waals surface area (Å²) in [4.78, 5) is 4.72. The molecule has 0 atom stereocenters. The molecule has 0 unspecified atom stereocenters. The van der Waals surface area contributed by atoms with E-state index in [1.54, 1.807) is 0 Å². The molecule has 0 aliphatic heterocycles. The van der Waals surface area contributed by atoms with E-state index in [2.05, 4.69) is 24.3 Å². The molecule has 0 amide bonds. The van der Waals surface area contributed by atoms with Gasteiger partial charge in [0.25, 0.3) is 0 Å². The number of hydrogen-bond donors (Lipinski definition) is 0. The van der Waals surface area contributed by atoms with E-state index in [1.165, 1.54) is 5.56 Å². The molecule has 1 heterocycles. The molecule has 0 saturated heterocycles. The number of oxazole rings is 1. The fourth-order valence-corrected chi connectivity index (χ4v) is 3.51. The number of nitrogens with zero attached hydrogens (tertiary/aromatic N) is 1. The standard InChI is InChI=1S/C23H14ClNO/c24-20-14-18-8-4-5-9-19(18)21-22(20)26-23(25-21)17-12-10-16(11-13-17)15-6-2-1-3-7-15/h1-14H. The van der Waals surface area contributed by atoms with E-state index < -0.39 is 0 Å². The van der Waals surface area contributed by atoms with Crippen LogP contribution in [-0.4, -0.2) is 4.98 Å². The van der Waals surface area contributed by atoms with Gasteiger partial charge in [-0.1, -0.05) is 78.3 Å². The minimum absolute atomic E-state index is 0.581. The summed E-state index contributed by atoms with van der Waals surface area (Å²) in [6.45, 7) is 0. The van der Waals surface area contributed by atoms with Crippen LogP contribution >= 0.6 is 11.6 Å². The van der Waals surface area contributed by atoms with Gasteiger partial charge < -0.3 is 4.42 Å². The Kier molecular flexibility index (Phi) is 3.51. The predicted molar refractivity (Wildman–Crippen MR) is 107 cm³/mol. The molecular weight excluding hydrogens is 342 g/mol. The van der Waals surface area contributed by atoms with Crippen LogP contribution < -0.4 is 0 Å². The summed E-state index contributed by atoms with van der Waals surface area (Å²) >= 11 is 6.41. The molecule has 0 aliphatic rings. The topological polar surface area (TPSA) is 26.0 Å². The Bertz CT molecular complexity index is 1220. The van der Waals surface area contributed by atoms with Gasteiger partial charge in [0.2, 0.25) is 5.89 Å². The molecule has 0 radical (unpaired) electrons. The van der Waals surface area contributed by atoms with Crippen LogP contribution in [0, 0.1) is 0 Å². The third-order valence-corrected chi connectivity index (χ3v) is 4.86. The monoisotopic (exact) mass is 355 g/mol. The van der Waals surface area contributed by atoms with Gasteiger partial charge >= 0.3 is 0 Å². The van der Waals surface area contributed by atoms with E-state index in [-0.39, 0.29) is 0 Å². The largest absolute Gasteiger partial charge is 0.434 e. The lowest BCUT2D eigenvalue weighted by atomic mass is 10.0. The number of fused-ring (bicyclic) bond motifs is 3. The SMILES string of the molecule is Clc1cc2ccccc2c2nc(-c3ccc(-c4ccccc4)cc3)oc12. The molecule has 124 valence electrons. The van der Waals surface area contributed by atoms with Crippen LogP contribution in [0.5, 0.6) is 0 Å². The lowest BCUT2D eigenvalue weighted by molar-refractivity contribution is 0.620. The van der Waals surface area contributed by atoms with Gasteiger partial charge in [0.05, 0.1) is 5.02 Å². The molecule has 0 bridgehead atoms. The first-order valence-corrected chi connectivity index (χ1v) is 8.81. The minimum Gasteiger partial charge on any atom is -0.434 e. The highest BCUT2D eigenvalue weighted by molar-refractivity contribution is 6.36. The summed E-state index contributed by atoms with van der Waals surface area (Å²) in [5.74, 6) is 0.581. The van der Waals surface area contributed by atoms with Gasteiger partial charge in [0, 0.05) is 10.9 Å². The van der Waals surface area contributed by atoms with Crippen molar-refractivity contribution in [2.45, 2.75) is 0 Å². The molecule has 5 rings (SSSR count). The first-order valence-electron chi connectivity index (χ1n) is 8.43. The van der Waals surface area contributed by atoms with Crippen molar-refractivity contribution in [3.8, 4) is 22.6 Å². The van der Waals surface area contributed by atoms with E-state index >= 15 is 0 Å². The van der Waals surface area contributed by atoms with E-state index in [1.807, 2.05) is 60.7 Å². The normalized spacial score (nSPS) is 11.3. The molecule has 0 spiro atoms. The first kappa shape index (κ1) is 15.2. The zero-order valence-electron chi connectivity index (χ0n) is 13.8. The molecule has 0 fully saturated rings. The summed E-state index contributed by atoms with van der Waals surface area (Å²) in [5.41, 5.74) is 4.71. The van der Waals surface area contributed by atoms with Crippen molar-refractivity contribution in [2.24, 2.45) is 0 Å². The van der Waals surface area contributed by atoms with Gasteiger partial charge in [-0.3, -0.25) is 0 Å². The van der Waals surface area contributed by atoms with Gasteiger partial charge in [-0.2, -0.15) is 0 Å². The van der Waals surface area contributed by atoms with Gasteiger partial charge in [-0.25, -0.2) is 4.98 Å². The van der Waals surface area contributed by atoms with Crippen LogP contribution in [0.1, 0.15) is 0 Å². The number of halogens is 1. The highest BCUT2D eigenvalue weighted by Crippen LogP contribution is 2.35. The highest BCUT2D eigenvalue weighted by Gasteiger charge is 2.14. The van der Waals surface area contributed by atoms with Crippen molar-refractivity contribution in [1.29, 1.82) is 0 Å². The molecule has 26 heavy (non-hydrogen) atoms. The molecule has 0 aliphatic carbocycles. The Morgan fingerprint density at radius 2 is 1.35 bits per heavy atom. The Morgan fingerprint density at radius 1 is 0.692 bits per heavy atom. The van der Waals surface area contributed by atoms with E-state index in [0.29, 0.717) is 16.5 Å². The van der Waals surface area contributed by atoms with Crippen LogP contribution in [0.3, 0.4) is 0 Å². The van der Waals surface area contributed by atoms with Crippen molar-refractivity contribution in [1.82, 2.24) is 4.98 Å². The van der Waals surface area contributed by atoms with Crippen molar-refractivity contribution in [3.05, 3.63) is 90.0 Å². The summed E-state index contributed by atoms with van der Waals surface area (Å²) < 4.78 is 6.00. The predicted octanol–water partition coefficient (Wildman–Crippen LogP) is 6.97. The molecule has 2 nitrogen and oxygen atoms in total. The van der Waals surface area contributed by atoms with Crippen LogP contribution in [-0.2, 0) is 0 Å². The maximum Gasteiger partial charge on any atom is 0.227 e. The van der Waals surface area contributed by atoms with Crippen molar-refractivity contribution in [2.75, 3.05) is 0 Å². The lowest BCUT2D eigenvalue weighted by Gasteiger charge is -2.02.